The number of benzene rings is 1. The van der Waals surface area contributed by atoms with Gasteiger partial charge in [-0.25, -0.2) is 4.98 Å². The van der Waals surface area contributed by atoms with Crippen molar-refractivity contribution in [2.45, 2.75) is 32.7 Å². The Kier molecular flexibility index (Phi) is 5.58. The Labute approximate surface area is 180 Å². The summed E-state index contributed by atoms with van der Waals surface area (Å²) in [7, 11) is 1.66. The SMILES string of the molecule is COc1ccccc1Oc1nc(CN2CCOCC2)nc2sc3c(c12)CC[C@@H](C)C3. The molecule has 3 heterocycles. The van der Waals surface area contributed by atoms with E-state index in [2.05, 4.69) is 11.8 Å². The number of methoxy groups -OCH3 is 1. The van der Waals surface area contributed by atoms with E-state index in [1.807, 2.05) is 35.6 Å². The van der Waals surface area contributed by atoms with E-state index in [4.69, 9.17) is 24.2 Å². The molecule has 0 saturated carbocycles. The number of morpholine rings is 1. The topological polar surface area (TPSA) is 56.7 Å². The maximum absolute atomic E-state index is 6.38. The van der Waals surface area contributed by atoms with Gasteiger partial charge in [-0.2, -0.15) is 4.98 Å². The molecule has 1 aromatic carbocycles. The monoisotopic (exact) mass is 425 g/mol. The fraction of sp³-hybridized carbons (Fsp3) is 0.478. The first-order chi connectivity index (χ1) is 14.7. The molecule has 0 bridgehead atoms. The van der Waals surface area contributed by atoms with Gasteiger partial charge in [-0.3, -0.25) is 4.90 Å². The van der Waals surface area contributed by atoms with Crippen LogP contribution in [0.2, 0.25) is 0 Å². The largest absolute Gasteiger partial charge is 0.493 e. The normalized spacial score (nSPS) is 19.6. The lowest BCUT2D eigenvalue weighted by Crippen LogP contribution is -2.36. The van der Waals surface area contributed by atoms with Gasteiger partial charge in [-0.15, -0.1) is 11.3 Å². The molecule has 1 aliphatic carbocycles. The van der Waals surface area contributed by atoms with Crippen molar-refractivity contribution < 1.29 is 14.2 Å². The minimum absolute atomic E-state index is 0.653. The fourth-order valence-electron chi connectivity index (χ4n) is 4.26. The lowest BCUT2D eigenvalue weighted by Gasteiger charge is -2.25. The van der Waals surface area contributed by atoms with Gasteiger partial charge in [0.1, 0.15) is 10.7 Å². The second-order valence-electron chi connectivity index (χ2n) is 8.12. The third-order valence-corrected chi connectivity index (χ3v) is 7.06. The molecule has 30 heavy (non-hydrogen) atoms. The number of hydrogen-bond acceptors (Lipinski definition) is 7. The molecule has 7 heteroatoms. The molecule has 0 unspecified atom stereocenters. The van der Waals surface area contributed by atoms with E-state index in [0.717, 1.165) is 55.2 Å². The molecule has 1 atom stereocenters. The quantitative estimate of drug-likeness (QED) is 0.602. The highest BCUT2D eigenvalue weighted by Crippen LogP contribution is 2.43. The highest BCUT2D eigenvalue weighted by atomic mass is 32.1. The highest BCUT2D eigenvalue weighted by Gasteiger charge is 2.26. The van der Waals surface area contributed by atoms with Crippen molar-refractivity contribution in [1.82, 2.24) is 14.9 Å². The molecule has 0 spiro atoms. The maximum Gasteiger partial charge on any atom is 0.231 e. The predicted octanol–water partition coefficient (Wildman–Crippen LogP) is 4.45. The molecule has 6 nitrogen and oxygen atoms in total. The number of aromatic nitrogens is 2. The van der Waals surface area contributed by atoms with Crippen LogP contribution >= 0.6 is 11.3 Å². The number of rotatable bonds is 5. The van der Waals surface area contributed by atoms with Crippen molar-refractivity contribution in [3.8, 4) is 17.4 Å². The Morgan fingerprint density at radius 3 is 2.77 bits per heavy atom. The molecule has 3 aromatic rings. The first-order valence-corrected chi connectivity index (χ1v) is 11.4. The van der Waals surface area contributed by atoms with E-state index in [-0.39, 0.29) is 0 Å². The fourth-order valence-corrected chi connectivity index (χ4v) is 5.65. The number of hydrogen-bond donors (Lipinski definition) is 0. The van der Waals surface area contributed by atoms with Crippen molar-refractivity contribution in [1.29, 1.82) is 0 Å². The number of thiophene rings is 1. The Hall–Kier alpha value is -2.22. The van der Waals surface area contributed by atoms with E-state index >= 15 is 0 Å². The van der Waals surface area contributed by atoms with Crippen LogP contribution < -0.4 is 9.47 Å². The zero-order valence-electron chi connectivity index (χ0n) is 17.5. The van der Waals surface area contributed by atoms with Crippen molar-refractivity contribution in [2.75, 3.05) is 33.4 Å². The van der Waals surface area contributed by atoms with Gasteiger partial charge in [0, 0.05) is 18.0 Å². The molecule has 1 fully saturated rings. The molecule has 0 amide bonds. The molecule has 1 aliphatic heterocycles. The van der Waals surface area contributed by atoms with Crippen LogP contribution in [0.15, 0.2) is 24.3 Å². The summed E-state index contributed by atoms with van der Waals surface area (Å²) in [5.41, 5.74) is 1.37. The molecule has 5 rings (SSSR count). The second kappa shape index (κ2) is 8.49. The van der Waals surface area contributed by atoms with E-state index < -0.39 is 0 Å². The van der Waals surface area contributed by atoms with Crippen LogP contribution in [0.4, 0.5) is 0 Å². The van der Waals surface area contributed by atoms with E-state index in [9.17, 15) is 0 Å². The number of para-hydroxylation sites is 2. The summed E-state index contributed by atoms with van der Waals surface area (Å²) in [5, 5.41) is 1.08. The standard InChI is InChI=1S/C23H27N3O3S/c1-15-7-8-16-19(13-15)30-23-21(16)22(29-18-6-4-3-5-17(18)27-2)24-20(25-23)14-26-9-11-28-12-10-26/h3-6,15H,7-14H2,1-2H3/t15-/m1/s1. The van der Waals surface area contributed by atoms with Crippen molar-refractivity contribution in [2.24, 2.45) is 5.92 Å². The smallest absolute Gasteiger partial charge is 0.231 e. The van der Waals surface area contributed by atoms with Crippen molar-refractivity contribution >= 4 is 21.6 Å². The Bertz CT molecular complexity index is 1050. The van der Waals surface area contributed by atoms with Crippen LogP contribution in [0, 0.1) is 5.92 Å². The Morgan fingerprint density at radius 2 is 1.97 bits per heavy atom. The summed E-state index contributed by atoms with van der Waals surface area (Å²) in [6.07, 6.45) is 3.37. The Balaban J connectivity index is 1.58. The summed E-state index contributed by atoms with van der Waals surface area (Å²) in [5.74, 6) is 3.56. The lowest BCUT2D eigenvalue weighted by molar-refractivity contribution is 0.0330. The second-order valence-corrected chi connectivity index (χ2v) is 9.20. The predicted molar refractivity (Wildman–Crippen MR) is 118 cm³/mol. The number of ether oxygens (including phenoxy) is 3. The highest BCUT2D eigenvalue weighted by molar-refractivity contribution is 7.18. The molecular weight excluding hydrogens is 398 g/mol. The van der Waals surface area contributed by atoms with E-state index in [1.165, 1.54) is 16.9 Å². The summed E-state index contributed by atoms with van der Waals surface area (Å²) in [6, 6.07) is 7.73. The molecule has 1 saturated heterocycles. The molecule has 2 aromatic heterocycles. The zero-order chi connectivity index (χ0) is 20.5. The van der Waals surface area contributed by atoms with Gasteiger partial charge >= 0.3 is 0 Å². The number of fused-ring (bicyclic) bond motifs is 3. The van der Waals surface area contributed by atoms with Crippen LogP contribution in [0.1, 0.15) is 29.6 Å². The minimum atomic E-state index is 0.653. The minimum Gasteiger partial charge on any atom is -0.493 e. The first kappa shape index (κ1) is 19.7. The van der Waals surface area contributed by atoms with Crippen LogP contribution in [0.5, 0.6) is 17.4 Å². The van der Waals surface area contributed by atoms with Crippen molar-refractivity contribution in [3.63, 3.8) is 0 Å². The first-order valence-electron chi connectivity index (χ1n) is 10.6. The van der Waals surface area contributed by atoms with E-state index in [1.54, 1.807) is 7.11 Å². The summed E-state index contributed by atoms with van der Waals surface area (Å²) in [4.78, 5) is 14.7. The van der Waals surface area contributed by atoms with Gasteiger partial charge in [0.2, 0.25) is 5.88 Å². The van der Waals surface area contributed by atoms with Gasteiger partial charge in [-0.05, 0) is 42.9 Å². The van der Waals surface area contributed by atoms with Crippen LogP contribution in [0.3, 0.4) is 0 Å². The molecule has 0 N–H and O–H groups in total. The van der Waals surface area contributed by atoms with Crippen LogP contribution in [-0.2, 0) is 24.1 Å². The maximum atomic E-state index is 6.38. The third kappa shape index (κ3) is 3.89. The summed E-state index contributed by atoms with van der Waals surface area (Å²) >= 11 is 1.81. The van der Waals surface area contributed by atoms with Gasteiger partial charge in [0.25, 0.3) is 0 Å². The summed E-state index contributed by atoms with van der Waals surface area (Å²) < 4.78 is 17.4. The third-order valence-electron chi connectivity index (χ3n) is 5.91. The van der Waals surface area contributed by atoms with Gasteiger partial charge in [-0.1, -0.05) is 19.1 Å². The van der Waals surface area contributed by atoms with Gasteiger partial charge < -0.3 is 14.2 Å². The number of aryl methyl sites for hydroxylation is 1. The molecule has 2 aliphatic rings. The average molecular weight is 426 g/mol. The van der Waals surface area contributed by atoms with Gasteiger partial charge in [0.15, 0.2) is 11.5 Å². The Morgan fingerprint density at radius 1 is 1.17 bits per heavy atom. The average Bonchev–Trinajstić information content (AvgIpc) is 3.12. The van der Waals surface area contributed by atoms with E-state index in [0.29, 0.717) is 29.8 Å². The molecule has 158 valence electrons. The molecular formula is C23H27N3O3S. The summed E-state index contributed by atoms with van der Waals surface area (Å²) in [6.45, 7) is 6.37. The van der Waals surface area contributed by atoms with Gasteiger partial charge in [0.05, 0.1) is 32.3 Å². The zero-order valence-corrected chi connectivity index (χ0v) is 18.3. The van der Waals surface area contributed by atoms with Crippen LogP contribution in [0.25, 0.3) is 10.2 Å². The van der Waals surface area contributed by atoms with Crippen LogP contribution in [-0.4, -0.2) is 48.3 Å². The number of nitrogens with zero attached hydrogens (tertiary/aromatic N) is 3. The van der Waals surface area contributed by atoms with Crippen molar-refractivity contribution in [3.05, 3.63) is 40.5 Å². The lowest BCUT2D eigenvalue weighted by atomic mass is 9.89. The molecule has 0 radical (unpaired) electrons.